The van der Waals surface area contributed by atoms with Crippen LogP contribution in [0.2, 0.25) is 0 Å². The molecular weight excluding hydrogens is 304 g/mol. The highest BCUT2D eigenvalue weighted by atomic mass is 16.5. The predicted octanol–water partition coefficient (Wildman–Crippen LogP) is 3.55. The Labute approximate surface area is 143 Å². The fourth-order valence-electron chi connectivity index (χ4n) is 2.63. The van der Waals surface area contributed by atoms with E-state index in [0.29, 0.717) is 23.6 Å². The Kier molecular flexibility index (Phi) is 7.28. The molecule has 0 aliphatic rings. The van der Waals surface area contributed by atoms with Gasteiger partial charge in [-0.15, -0.1) is 0 Å². The number of rotatable bonds is 8. The number of allylic oxidation sites excluding steroid dienone is 2. The molecule has 0 aromatic heterocycles. The molecule has 0 fully saturated rings. The number of hydrogen-bond donors (Lipinski definition) is 2. The minimum atomic E-state index is 0.183. The summed E-state index contributed by atoms with van der Waals surface area (Å²) < 4.78 is 10.9. The van der Waals surface area contributed by atoms with Crippen molar-refractivity contribution in [2.24, 2.45) is 5.73 Å². The molecule has 0 aliphatic carbocycles. The lowest BCUT2D eigenvalue weighted by atomic mass is 10.0. The first-order valence-electron chi connectivity index (χ1n) is 7.86. The quantitative estimate of drug-likeness (QED) is 0.330. The van der Waals surface area contributed by atoms with Gasteiger partial charge in [-0.05, 0) is 69.4 Å². The fourth-order valence-corrected chi connectivity index (χ4v) is 2.63. The Morgan fingerprint density at radius 1 is 1.25 bits per heavy atom. The normalized spacial score (nSPS) is 11.4. The third-order valence-corrected chi connectivity index (χ3v) is 3.77. The molecule has 0 amide bonds. The second kappa shape index (κ2) is 8.94. The molecule has 0 saturated heterocycles. The molecule has 5 heteroatoms. The number of ether oxygens (including phenoxy) is 2. The zero-order chi connectivity index (χ0) is 18.3. The molecule has 0 saturated carbocycles. The predicted molar refractivity (Wildman–Crippen MR) is 97.0 cm³/mol. The molecule has 130 valence electrons. The maximum atomic E-state index is 10.9. The Bertz CT molecular complexity index is 672. The van der Waals surface area contributed by atoms with Gasteiger partial charge in [-0.3, -0.25) is 0 Å². The third kappa shape index (κ3) is 5.00. The lowest BCUT2D eigenvalue weighted by molar-refractivity contribution is 0.307. The van der Waals surface area contributed by atoms with Crippen LogP contribution in [0.5, 0.6) is 5.75 Å². The average molecular weight is 330 g/mol. The summed E-state index contributed by atoms with van der Waals surface area (Å²) in [5.74, 6) is 2.78. The van der Waals surface area contributed by atoms with Crippen LogP contribution in [0.25, 0.3) is 5.76 Å². The van der Waals surface area contributed by atoms with E-state index in [2.05, 4.69) is 0 Å². The minimum Gasteiger partial charge on any atom is -0.493 e. The summed E-state index contributed by atoms with van der Waals surface area (Å²) in [5, 5.41) is 7.73. The van der Waals surface area contributed by atoms with Crippen molar-refractivity contribution in [3.8, 4) is 5.75 Å². The maximum absolute atomic E-state index is 10.9. The smallest absolute Gasteiger partial charge is 0.210 e. The average Bonchev–Trinajstić information content (AvgIpc) is 2.49. The standard InChI is InChI=1S/C19H26N2O3/c1-12-9-16(18(11-22)23-5)10-13(2)19(12)24-8-6-7-17(14(3)20)15(4)21/h9-10,20H,6-8,21H2,1-5H3/b17-15-,20-14?. The number of nitrogens with one attached hydrogen (secondary N) is 1. The van der Waals surface area contributed by atoms with Crippen LogP contribution in [0.3, 0.4) is 0 Å². The van der Waals surface area contributed by atoms with Crippen molar-refractivity contribution in [2.45, 2.75) is 40.5 Å². The van der Waals surface area contributed by atoms with Crippen molar-refractivity contribution in [3.05, 3.63) is 40.1 Å². The highest BCUT2D eigenvalue weighted by Gasteiger charge is 2.11. The summed E-state index contributed by atoms with van der Waals surface area (Å²) in [7, 11) is 1.45. The molecule has 0 heterocycles. The highest BCUT2D eigenvalue weighted by Crippen LogP contribution is 2.28. The van der Waals surface area contributed by atoms with Gasteiger partial charge in [0.2, 0.25) is 5.76 Å². The van der Waals surface area contributed by atoms with Gasteiger partial charge in [-0.1, -0.05) is 0 Å². The molecule has 3 N–H and O–H groups in total. The number of carbonyl (C=O) groups excluding carboxylic acids is 1. The Morgan fingerprint density at radius 3 is 2.25 bits per heavy atom. The summed E-state index contributed by atoms with van der Waals surface area (Å²) in [6, 6.07) is 3.70. The molecule has 0 spiro atoms. The van der Waals surface area contributed by atoms with E-state index in [1.165, 1.54) is 7.11 Å². The second-order valence-corrected chi connectivity index (χ2v) is 5.81. The second-order valence-electron chi connectivity index (χ2n) is 5.81. The van der Waals surface area contributed by atoms with E-state index < -0.39 is 0 Å². The first-order chi connectivity index (χ1) is 11.3. The minimum absolute atomic E-state index is 0.183. The van der Waals surface area contributed by atoms with E-state index in [1.807, 2.05) is 32.9 Å². The summed E-state index contributed by atoms with van der Waals surface area (Å²) in [5.41, 5.74) is 10.4. The Balaban J connectivity index is 2.78. The van der Waals surface area contributed by atoms with Gasteiger partial charge in [-0.25, -0.2) is 4.79 Å². The van der Waals surface area contributed by atoms with E-state index >= 15 is 0 Å². The largest absolute Gasteiger partial charge is 0.493 e. The van der Waals surface area contributed by atoms with Gasteiger partial charge in [0, 0.05) is 17.0 Å². The van der Waals surface area contributed by atoms with Crippen LogP contribution in [-0.2, 0) is 9.53 Å². The van der Waals surface area contributed by atoms with E-state index in [1.54, 1.807) is 12.9 Å². The maximum Gasteiger partial charge on any atom is 0.210 e. The van der Waals surface area contributed by atoms with Crippen molar-refractivity contribution in [1.29, 1.82) is 5.41 Å². The number of methoxy groups -OCH3 is 1. The molecule has 0 aliphatic heterocycles. The molecule has 24 heavy (non-hydrogen) atoms. The zero-order valence-electron chi connectivity index (χ0n) is 15.1. The molecule has 0 radical (unpaired) electrons. The van der Waals surface area contributed by atoms with Gasteiger partial charge in [-0.2, -0.15) is 0 Å². The zero-order valence-corrected chi connectivity index (χ0v) is 15.1. The van der Waals surface area contributed by atoms with Crippen molar-refractivity contribution >= 4 is 17.4 Å². The molecular formula is C19H26N2O3. The van der Waals surface area contributed by atoms with Crippen LogP contribution in [0.4, 0.5) is 0 Å². The van der Waals surface area contributed by atoms with E-state index in [9.17, 15) is 4.79 Å². The summed E-state index contributed by atoms with van der Waals surface area (Å²) in [6.45, 7) is 7.95. The van der Waals surface area contributed by atoms with Gasteiger partial charge in [0.25, 0.3) is 0 Å². The number of benzene rings is 1. The number of nitrogens with two attached hydrogens (primary N) is 1. The van der Waals surface area contributed by atoms with Crippen LogP contribution in [0, 0.1) is 19.3 Å². The van der Waals surface area contributed by atoms with Gasteiger partial charge in [0.15, 0.2) is 5.94 Å². The summed E-state index contributed by atoms with van der Waals surface area (Å²) in [6.07, 6.45) is 1.49. The molecule has 1 aromatic rings. The van der Waals surface area contributed by atoms with Crippen molar-refractivity contribution < 1.29 is 14.3 Å². The van der Waals surface area contributed by atoms with Gasteiger partial charge in [0.1, 0.15) is 5.75 Å². The Hall–Kier alpha value is -2.52. The first kappa shape index (κ1) is 19.5. The van der Waals surface area contributed by atoms with E-state index in [-0.39, 0.29) is 5.76 Å². The summed E-state index contributed by atoms with van der Waals surface area (Å²) in [4.78, 5) is 10.9. The van der Waals surface area contributed by atoms with Crippen LogP contribution in [0.15, 0.2) is 23.4 Å². The lowest BCUT2D eigenvalue weighted by Crippen LogP contribution is -2.08. The highest BCUT2D eigenvalue weighted by molar-refractivity contribution is 5.96. The van der Waals surface area contributed by atoms with Gasteiger partial charge >= 0.3 is 0 Å². The molecule has 5 nitrogen and oxygen atoms in total. The fraction of sp³-hybridized carbons (Fsp3) is 0.421. The lowest BCUT2D eigenvalue weighted by Gasteiger charge is -2.15. The molecule has 0 atom stereocenters. The van der Waals surface area contributed by atoms with Crippen molar-refractivity contribution in [1.82, 2.24) is 0 Å². The van der Waals surface area contributed by atoms with E-state index in [0.717, 1.165) is 35.3 Å². The molecule has 1 aromatic carbocycles. The SMILES string of the molecule is COC(=C=O)c1cc(C)c(OCCC/C(C(C)=N)=C(\C)N)c(C)c1. The van der Waals surface area contributed by atoms with Crippen LogP contribution in [0.1, 0.15) is 43.4 Å². The van der Waals surface area contributed by atoms with Crippen molar-refractivity contribution in [3.63, 3.8) is 0 Å². The van der Waals surface area contributed by atoms with Crippen LogP contribution < -0.4 is 10.5 Å². The summed E-state index contributed by atoms with van der Waals surface area (Å²) >= 11 is 0. The number of aryl methyl sites for hydroxylation is 2. The topological polar surface area (TPSA) is 85.4 Å². The molecule has 0 bridgehead atoms. The van der Waals surface area contributed by atoms with Gasteiger partial charge < -0.3 is 20.6 Å². The van der Waals surface area contributed by atoms with E-state index in [4.69, 9.17) is 20.6 Å². The number of hydrogen-bond acceptors (Lipinski definition) is 5. The molecule has 1 rings (SSSR count). The Morgan fingerprint density at radius 2 is 1.83 bits per heavy atom. The monoisotopic (exact) mass is 330 g/mol. The van der Waals surface area contributed by atoms with Crippen LogP contribution in [-0.4, -0.2) is 25.4 Å². The third-order valence-electron chi connectivity index (χ3n) is 3.77. The van der Waals surface area contributed by atoms with Crippen LogP contribution >= 0.6 is 0 Å². The van der Waals surface area contributed by atoms with Gasteiger partial charge in [0.05, 0.1) is 13.7 Å². The van der Waals surface area contributed by atoms with Crippen molar-refractivity contribution in [2.75, 3.05) is 13.7 Å². The first-order valence-corrected chi connectivity index (χ1v) is 7.86. The molecule has 0 unspecified atom stereocenters.